The molecule has 26 heavy (non-hydrogen) atoms. The first-order chi connectivity index (χ1) is 12.4. The van der Waals surface area contributed by atoms with Crippen molar-refractivity contribution in [3.05, 3.63) is 35.1 Å². The van der Waals surface area contributed by atoms with Crippen LogP contribution in [0.3, 0.4) is 0 Å². The molecule has 1 aromatic carbocycles. The summed E-state index contributed by atoms with van der Waals surface area (Å²) in [6, 6.07) is 5.22. The number of aryl methyl sites for hydroxylation is 1. The number of methoxy groups -OCH3 is 1. The molecule has 0 aliphatic heterocycles. The number of fused-ring (bicyclic) bond motifs is 5. The maximum absolute atomic E-state index is 13.6. The number of benzene rings is 1. The van der Waals surface area contributed by atoms with Gasteiger partial charge in [0.1, 0.15) is 11.6 Å². The zero-order valence-corrected chi connectivity index (χ0v) is 15.6. The van der Waals surface area contributed by atoms with Crippen molar-refractivity contribution >= 4 is 11.8 Å². The molecule has 3 nitrogen and oxygen atoms in total. The second-order valence-electron chi connectivity index (χ2n) is 8.64. The summed E-state index contributed by atoms with van der Waals surface area (Å²) < 4.78 is 18.4. The molecule has 0 radical (unpaired) electrons. The molecule has 0 saturated heterocycles. The number of carbonyl (C=O) groups excluding carboxylic acids is 2. The van der Waals surface area contributed by atoms with E-state index in [9.17, 15) is 14.0 Å². The van der Waals surface area contributed by atoms with Crippen molar-refractivity contribution in [2.45, 2.75) is 57.8 Å². The molecule has 4 rings (SSSR count). The second-order valence-corrected chi connectivity index (χ2v) is 8.64. The quantitative estimate of drug-likeness (QED) is 0.751. The first-order valence-electron chi connectivity index (χ1n) is 9.82. The van der Waals surface area contributed by atoms with Gasteiger partial charge >= 0.3 is 5.97 Å². The van der Waals surface area contributed by atoms with E-state index in [2.05, 4.69) is 6.92 Å². The number of carbonyl (C=O) groups is 2. The zero-order valence-electron chi connectivity index (χ0n) is 15.6. The highest BCUT2D eigenvalue weighted by Gasteiger charge is 2.58. The molecule has 5 unspecified atom stereocenters. The minimum atomic E-state index is -0.251. The van der Waals surface area contributed by atoms with E-state index in [0.717, 1.165) is 37.7 Å². The lowest BCUT2D eigenvalue weighted by Gasteiger charge is -2.50. The highest BCUT2D eigenvalue weighted by Crippen LogP contribution is 2.62. The van der Waals surface area contributed by atoms with Crippen LogP contribution in [0.25, 0.3) is 0 Å². The SMILES string of the molecule is COC(=O)CCC1CC(=O)C2(C)CCC3c4ccc(F)cc4CCC3C12. The number of ketones is 1. The summed E-state index contributed by atoms with van der Waals surface area (Å²) in [4.78, 5) is 24.5. The number of rotatable bonds is 3. The molecule has 0 amide bonds. The molecule has 1 aromatic rings. The minimum absolute atomic E-state index is 0.158. The van der Waals surface area contributed by atoms with Gasteiger partial charge in [-0.05, 0) is 79.0 Å². The number of esters is 1. The Hall–Kier alpha value is -1.71. The van der Waals surface area contributed by atoms with Crippen LogP contribution in [0.15, 0.2) is 18.2 Å². The Balaban J connectivity index is 1.63. The van der Waals surface area contributed by atoms with Crippen LogP contribution in [0, 0.1) is 29.0 Å². The lowest BCUT2D eigenvalue weighted by molar-refractivity contribution is -0.141. The molecule has 3 aliphatic rings. The predicted octanol–water partition coefficient (Wildman–Crippen LogP) is 4.43. The van der Waals surface area contributed by atoms with Crippen LogP contribution < -0.4 is 0 Å². The highest BCUT2D eigenvalue weighted by molar-refractivity contribution is 5.87. The van der Waals surface area contributed by atoms with Crippen LogP contribution >= 0.6 is 0 Å². The molecule has 2 fully saturated rings. The monoisotopic (exact) mass is 358 g/mol. The van der Waals surface area contributed by atoms with Gasteiger partial charge in [-0.2, -0.15) is 0 Å². The van der Waals surface area contributed by atoms with Gasteiger partial charge in [0.15, 0.2) is 0 Å². The molecular weight excluding hydrogens is 331 g/mol. The highest BCUT2D eigenvalue weighted by atomic mass is 19.1. The Labute approximate surface area is 154 Å². The Morgan fingerprint density at radius 3 is 2.92 bits per heavy atom. The van der Waals surface area contributed by atoms with E-state index in [0.29, 0.717) is 36.4 Å². The summed E-state index contributed by atoms with van der Waals surface area (Å²) >= 11 is 0. The van der Waals surface area contributed by atoms with Gasteiger partial charge in [0.2, 0.25) is 0 Å². The fraction of sp³-hybridized carbons (Fsp3) is 0.636. The Morgan fingerprint density at radius 2 is 2.15 bits per heavy atom. The number of hydrogen-bond donors (Lipinski definition) is 0. The first-order valence-corrected chi connectivity index (χ1v) is 9.82. The molecule has 0 spiro atoms. The van der Waals surface area contributed by atoms with E-state index in [4.69, 9.17) is 4.74 Å². The summed E-state index contributed by atoms with van der Waals surface area (Å²) in [7, 11) is 1.42. The van der Waals surface area contributed by atoms with Crippen molar-refractivity contribution in [3.8, 4) is 0 Å². The van der Waals surface area contributed by atoms with Crippen molar-refractivity contribution in [1.82, 2.24) is 0 Å². The van der Waals surface area contributed by atoms with Gasteiger partial charge in [0.25, 0.3) is 0 Å². The van der Waals surface area contributed by atoms with Gasteiger partial charge in [-0.15, -0.1) is 0 Å². The fourth-order valence-electron chi connectivity index (χ4n) is 6.28. The van der Waals surface area contributed by atoms with Gasteiger partial charge in [-0.25, -0.2) is 4.39 Å². The smallest absolute Gasteiger partial charge is 0.305 e. The normalized spacial score (nSPS) is 35.4. The van der Waals surface area contributed by atoms with E-state index < -0.39 is 0 Å². The Kier molecular flexibility index (Phi) is 4.40. The van der Waals surface area contributed by atoms with Crippen molar-refractivity contribution in [1.29, 1.82) is 0 Å². The molecule has 0 bridgehead atoms. The lowest BCUT2D eigenvalue weighted by atomic mass is 9.54. The summed E-state index contributed by atoms with van der Waals surface area (Å²) in [5.41, 5.74) is 2.18. The van der Waals surface area contributed by atoms with Gasteiger partial charge in [0, 0.05) is 18.3 Å². The van der Waals surface area contributed by atoms with Crippen molar-refractivity contribution in [2.24, 2.45) is 23.2 Å². The topological polar surface area (TPSA) is 43.4 Å². The summed E-state index contributed by atoms with van der Waals surface area (Å²) in [5, 5.41) is 0. The number of Topliss-reactive ketones (excluding diaryl/α,β-unsaturated/α-hetero) is 1. The summed E-state index contributed by atoms with van der Waals surface area (Å²) in [5.74, 6) is 1.50. The van der Waals surface area contributed by atoms with Crippen LogP contribution in [0.2, 0.25) is 0 Å². The van der Waals surface area contributed by atoms with E-state index in [1.54, 1.807) is 12.1 Å². The molecule has 5 atom stereocenters. The predicted molar refractivity (Wildman–Crippen MR) is 96.1 cm³/mol. The average Bonchev–Trinajstić information content (AvgIpc) is 2.89. The van der Waals surface area contributed by atoms with Crippen molar-refractivity contribution in [2.75, 3.05) is 7.11 Å². The van der Waals surface area contributed by atoms with E-state index in [1.807, 2.05) is 6.07 Å². The fourth-order valence-corrected chi connectivity index (χ4v) is 6.28. The van der Waals surface area contributed by atoms with Crippen LogP contribution in [0.4, 0.5) is 4.39 Å². The molecule has 0 aromatic heterocycles. The standard InChI is InChI=1S/C22H27FO3/c1-22-10-9-17-16-7-5-15(23)11-13(16)3-6-18(17)21(22)14(12-19(22)24)4-8-20(25)26-2/h5,7,11,14,17-18,21H,3-4,6,8-10,12H2,1-2H3. The maximum Gasteiger partial charge on any atom is 0.305 e. The summed E-state index contributed by atoms with van der Waals surface area (Å²) in [6.07, 6.45) is 5.53. The summed E-state index contributed by atoms with van der Waals surface area (Å²) in [6.45, 7) is 2.15. The third kappa shape index (κ3) is 2.69. The molecule has 140 valence electrons. The number of hydrogen-bond acceptors (Lipinski definition) is 3. The molecule has 4 heteroatoms. The molecular formula is C22H27FO3. The molecule has 3 aliphatic carbocycles. The van der Waals surface area contributed by atoms with E-state index in [1.165, 1.54) is 12.7 Å². The van der Waals surface area contributed by atoms with Crippen LogP contribution in [-0.2, 0) is 20.7 Å². The van der Waals surface area contributed by atoms with Crippen LogP contribution in [-0.4, -0.2) is 18.9 Å². The second kappa shape index (κ2) is 6.47. The third-order valence-corrected chi connectivity index (χ3v) is 7.48. The van der Waals surface area contributed by atoms with Gasteiger partial charge < -0.3 is 4.74 Å². The zero-order chi connectivity index (χ0) is 18.5. The average molecular weight is 358 g/mol. The van der Waals surface area contributed by atoms with E-state index in [-0.39, 0.29) is 23.1 Å². The van der Waals surface area contributed by atoms with Crippen LogP contribution in [0.5, 0.6) is 0 Å². The molecule has 0 heterocycles. The van der Waals surface area contributed by atoms with Crippen molar-refractivity contribution < 1.29 is 18.7 Å². The number of ether oxygens (including phenoxy) is 1. The Morgan fingerprint density at radius 1 is 1.35 bits per heavy atom. The largest absolute Gasteiger partial charge is 0.469 e. The third-order valence-electron chi connectivity index (χ3n) is 7.48. The van der Waals surface area contributed by atoms with Gasteiger partial charge in [-0.1, -0.05) is 13.0 Å². The first kappa shape index (κ1) is 17.7. The van der Waals surface area contributed by atoms with Crippen LogP contribution in [0.1, 0.15) is 62.5 Å². The van der Waals surface area contributed by atoms with Gasteiger partial charge in [-0.3, -0.25) is 9.59 Å². The van der Waals surface area contributed by atoms with Crippen molar-refractivity contribution in [3.63, 3.8) is 0 Å². The lowest BCUT2D eigenvalue weighted by Crippen LogP contribution is -2.44. The Bertz CT molecular complexity index is 743. The minimum Gasteiger partial charge on any atom is -0.469 e. The maximum atomic E-state index is 13.6. The van der Waals surface area contributed by atoms with E-state index >= 15 is 0 Å². The van der Waals surface area contributed by atoms with Gasteiger partial charge in [0.05, 0.1) is 7.11 Å². The molecule has 2 saturated carbocycles. The number of halogens is 1. The molecule has 0 N–H and O–H groups in total.